The van der Waals surface area contributed by atoms with Crippen LogP contribution in [0.3, 0.4) is 0 Å². The molecule has 0 atom stereocenters. The van der Waals surface area contributed by atoms with Gasteiger partial charge in [-0.15, -0.1) is 0 Å². The van der Waals surface area contributed by atoms with Crippen molar-refractivity contribution in [2.24, 2.45) is 0 Å². The van der Waals surface area contributed by atoms with Crippen LogP contribution in [0.5, 0.6) is 0 Å². The Morgan fingerprint density at radius 2 is 1.83 bits per heavy atom. The lowest BCUT2D eigenvalue weighted by molar-refractivity contribution is 0.727. The molecular formula is C17H12ClN5O. The molecule has 0 spiro atoms. The van der Waals surface area contributed by atoms with Gasteiger partial charge in [-0.1, -0.05) is 29.8 Å². The Balaban J connectivity index is 1.77. The first-order valence-corrected chi connectivity index (χ1v) is 7.69. The van der Waals surface area contributed by atoms with E-state index in [1.807, 2.05) is 30.3 Å². The molecule has 0 bridgehead atoms. The van der Waals surface area contributed by atoms with Gasteiger partial charge in [0.05, 0.1) is 29.1 Å². The number of benzene rings is 1. The molecule has 3 aromatic heterocycles. The minimum absolute atomic E-state index is 0.154. The number of hydrogen-bond donors (Lipinski definition) is 0. The number of para-hydroxylation sites is 1. The fraction of sp³-hybridized carbons (Fsp3) is 0.0588. The second-order valence-corrected chi connectivity index (χ2v) is 5.71. The van der Waals surface area contributed by atoms with Crippen LogP contribution in [0.1, 0.15) is 5.69 Å². The van der Waals surface area contributed by atoms with Crippen molar-refractivity contribution in [3.05, 3.63) is 82.3 Å². The van der Waals surface area contributed by atoms with Crippen molar-refractivity contribution in [2.75, 3.05) is 0 Å². The predicted octanol–water partition coefficient (Wildman–Crippen LogP) is 2.68. The van der Waals surface area contributed by atoms with Gasteiger partial charge >= 0.3 is 0 Å². The van der Waals surface area contributed by atoms with E-state index in [2.05, 4.69) is 15.1 Å². The summed E-state index contributed by atoms with van der Waals surface area (Å²) in [7, 11) is 0. The summed E-state index contributed by atoms with van der Waals surface area (Å²) in [5.41, 5.74) is 1.97. The molecule has 0 saturated heterocycles. The number of pyridine rings is 1. The van der Waals surface area contributed by atoms with E-state index in [0.717, 1.165) is 11.4 Å². The maximum atomic E-state index is 12.7. The smallest absolute Gasteiger partial charge is 0.264 e. The summed E-state index contributed by atoms with van der Waals surface area (Å²) in [5, 5.41) is 5.32. The Bertz CT molecular complexity index is 1050. The van der Waals surface area contributed by atoms with Gasteiger partial charge in [-0.2, -0.15) is 5.10 Å². The molecule has 0 saturated carbocycles. The Hall–Kier alpha value is -2.99. The SMILES string of the molecule is O=c1c2cnn(-c3ccccc3)c2ncn1Cc1ccc(Cl)cn1. The second kappa shape index (κ2) is 5.90. The number of rotatable bonds is 3. The third-order valence-corrected chi connectivity index (χ3v) is 3.90. The Kier molecular flexibility index (Phi) is 3.59. The number of halogens is 1. The molecule has 4 rings (SSSR count). The van der Waals surface area contributed by atoms with E-state index >= 15 is 0 Å². The highest BCUT2D eigenvalue weighted by atomic mass is 35.5. The molecular weight excluding hydrogens is 326 g/mol. The molecule has 6 nitrogen and oxygen atoms in total. The highest BCUT2D eigenvalue weighted by molar-refractivity contribution is 6.30. The van der Waals surface area contributed by atoms with Crippen molar-refractivity contribution in [3.8, 4) is 5.69 Å². The lowest BCUT2D eigenvalue weighted by Crippen LogP contribution is -2.21. The average Bonchev–Trinajstić information content (AvgIpc) is 3.05. The predicted molar refractivity (Wildman–Crippen MR) is 91.5 cm³/mol. The van der Waals surface area contributed by atoms with E-state index in [1.54, 1.807) is 29.2 Å². The van der Waals surface area contributed by atoms with Gasteiger partial charge in [0.15, 0.2) is 5.65 Å². The summed E-state index contributed by atoms with van der Waals surface area (Å²) >= 11 is 5.83. The molecule has 0 aliphatic rings. The molecule has 0 fully saturated rings. The van der Waals surface area contributed by atoms with E-state index in [-0.39, 0.29) is 5.56 Å². The third-order valence-electron chi connectivity index (χ3n) is 3.68. The Morgan fingerprint density at radius 3 is 2.58 bits per heavy atom. The van der Waals surface area contributed by atoms with Crippen LogP contribution in [0.15, 0.2) is 66.0 Å². The van der Waals surface area contributed by atoms with Crippen LogP contribution in [-0.2, 0) is 6.54 Å². The standard InChI is InChI=1S/C17H12ClN5O/c18-12-6-7-13(19-8-12)10-22-11-20-16-15(17(22)24)9-21-23(16)14-4-2-1-3-5-14/h1-9,11H,10H2. The summed E-state index contributed by atoms with van der Waals surface area (Å²) in [6, 6.07) is 13.1. The van der Waals surface area contributed by atoms with Gasteiger partial charge in [0.25, 0.3) is 5.56 Å². The zero-order chi connectivity index (χ0) is 16.5. The van der Waals surface area contributed by atoms with Gasteiger partial charge in [0.1, 0.15) is 11.7 Å². The summed E-state index contributed by atoms with van der Waals surface area (Å²) in [5.74, 6) is 0. The zero-order valence-corrected chi connectivity index (χ0v) is 13.3. The largest absolute Gasteiger partial charge is 0.292 e. The maximum absolute atomic E-state index is 12.7. The van der Waals surface area contributed by atoms with Gasteiger partial charge in [-0.25, -0.2) is 9.67 Å². The lowest BCUT2D eigenvalue weighted by Gasteiger charge is -2.06. The molecule has 0 unspecified atom stereocenters. The van der Waals surface area contributed by atoms with E-state index in [0.29, 0.717) is 22.6 Å². The third kappa shape index (κ3) is 2.57. The Morgan fingerprint density at radius 1 is 1.00 bits per heavy atom. The number of hydrogen-bond acceptors (Lipinski definition) is 4. The highest BCUT2D eigenvalue weighted by Gasteiger charge is 2.11. The first kappa shape index (κ1) is 14.6. The lowest BCUT2D eigenvalue weighted by atomic mass is 10.3. The highest BCUT2D eigenvalue weighted by Crippen LogP contribution is 2.13. The van der Waals surface area contributed by atoms with Gasteiger partial charge in [0.2, 0.25) is 0 Å². The van der Waals surface area contributed by atoms with Crippen molar-refractivity contribution in [2.45, 2.75) is 6.54 Å². The van der Waals surface area contributed by atoms with Crippen LogP contribution in [0, 0.1) is 0 Å². The van der Waals surface area contributed by atoms with Gasteiger partial charge < -0.3 is 0 Å². The summed E-state index contributed by atoms with van der Waals surface area (Å²) in [4.78, 5) is 21.3. The summed E-state index contributed by atoms with van der Waals surface area (Å²) < 4.78 is 3.16. The quantitative estimate of drug-likeness (QED) is 0.576. The normalized spacial score (nSPS) is 11.0. The monoisotopic (exact) mass is 337 g/mol. The molecule has 0 aliphatic heterocycles. The molecule has 0 aliphatic carbocycles. The van der Waals surface area contributed by atoms with Crippen LogP contribution < -0.4 is 5.56 Å². The Labute approximate surface area is 142 Å². The molecule has 4 aromatic rings. The van der Waals surface area contributed by atoms with Crippen LogP contribution in [0.25, 0.3) is 16.7 Å². The van der Waals surface area contributed by atoms with E-state index < -0.39 is 0 Å². The van der Waals surface area contributed by atoms with E-state index in [4.69, 9.17) is 11.6 Å². The fourth-order valence-corrected chi connectivity index (χ4v) is 2.61. The van der Waals surface area contributed by atoms with Crippen molar-refractivity contribution >= 4 is 22.6 Å². The molecule has 0 amide bonds. The molecule has 7 heteroatoms. The average molecular weight is 338 g/mol. The molecule has 3 heterocycles. The van der Waals surface area contributed by atoms with Crippen molar-refractivity contribution in [1.29, 1.82) is 0 Å². The fourth-order valence-electron chi connectivity index (χ4n) is 2.49. The van der Waals surface area contributed by atoms with E-state index in [1.165, 1.54) is 10.9 Å². The molecule has 1 aromatic carbocycles. The topological polar surface area (TPSA) is 65.6 Å². The van der Waals surface area contributed by atoms with Crippen molar-refractivity contribution in [3.63, 3.8) is 0 Å². The van der Waals surface area contributed by atoms with Gasteiger partial charge in [-0.3, -0.25) is 14.3 Å². The van der Waals surface area contributed by atoms with Crippen molar-refractivity contribution < 1.29 is 0 Å². The zero-order valence-electron chi connectivity index (χ0n) is 12.5. The number of aromatic nitrogens is 5. The first-order valence-electron chi connectivity index (χ1n) is 7.31. The van der Waals surface area contributed by atoms with Crippen molar-refractivity contribution in [1.82, 2.24) is 24.3 Å². The minimum Gasteiger partial charge on any atom is -0.292 e. The van der Waals surface area contributed by atoms with Gasteiger partial charge in [0, 0.05) is 6.20 Å². The van der Waals surface area contributed by atoms with Crippen LogP contribution >= 0.6 is 11.6 Å². The summed E-state index contributed by atoms with van der Waals surface area (Å²) in [6.45, 7) is 0.329. The number of fused-ring (bicyclic) bond motifs is 1. The van der Waals surface area contributed by atoms with Gasteiger partial charge in [-0.05, 0) is 24.3 Å². The molecule has 118 valence electrons. The van der Waals surface area contributed by atoms with E-state index in [9.17, 15) is 4.79 Å². The first-order chi connectivity index (χ1) is 11.7. The molecule has 0 N–H and O–H groups in total. The second-order valence-electron chi connectivity index (χ2n) is 5.27. The molecule has 24 heavy (non-hydrogen) atoms. The summed E-state index contributed by atoms with van der Waals surface area (Å²) in [6.07, 6.45) is 4.62. The van der Waals surface area contributed by atoms with Crippen LogP contribution in [0.2, 0.25) is 5.02 Å². The minimum atomic E-state index is -0.154. The van der Waals surface area contributed by atoms with Crippen LogP contribution in [0.4, 0.5) is 0 Å². The number of nitrogens with zero attached hydrogens (tertiary/aromatic N) is 5. The maximum Gasteiger partial charge on any atom is 0.264 e. The van der Waals surface area contributed by atoms with Crippen LogP contribution in [-0.4, -0.2) is 24.3 Å². The molecule has 0 radical (unpaired) electrons.